The first-order valence-corrected chi connectivity index (χ1v) is 7.79. The maximum Gasteiger partial charge on any atom is 0.413 e. The zero-order valence-corrected chi connectivity index (χ0v) is 14.0. The molecule has 1 N–H and O–H groups in total. The quantitative estimate of drug-likeness (QED) is 0.725. The van der Waals surface area contributed by atoms with Crippen molar-refractivity contribution in [1.29, 1.82) is 0 Å². The number of methoxy groups -OCH3 is 2. The molecule has 0 radical (unpaired) electrons. The van der Waals surface area contributed by atoms with E-state index in [1.54, 1.807) is 6.92 Å². The van der Waals surface area contributed by atoms with Crippen LogP contribution >= 0.6 is 11.3 Å². The zero-order valence-electron chi connectivity index (χ0n) is 13.2. The van der Waals surface area contributed by atoms with E-state index in [9.17, 15) is 9.59 Å². The SMILES string of the molecule is COC(=O)Nc1oc(C)c(C(=O)OC)c1-c1nc2ccccc2s1. The van der Waals surface area contributed by atoms with Gasteiger partial charge < -0.3 is 13.9 Å². The molecule has 3 aromatic rings. The molecule has 8 heteroatoms. The van der Waals surface area contributed by atoms with E-state index >= 15 is 0 Å². The average molecular weight is 346 g/mol. The number of esters is 1. The van der Waals surface area contributed by atoms with Crippen molar-refractivity contribution in [2.45, 2.75) is 6.92 Å². The lowest BCUT2D eigenvalue weighted by Gasteiger charge is -2.03. The summed E-state index contributed by atoms with van der Waals surface area (Å²) in [6, 6.07) is 7.57. The van der Waals surface area contributed by atoms with E-state index in [2.05, 4.69) is 15.0 Å². The van der Waals surface area contributed by atoms with Crippen molar-refractivity contribution in [3.05, 3.63) is 35.6 Å². The van der Waals surface area contributed by atoms with Crippen molar-refractivity contribution in [1.82, 2.24) is 4.98 Å². The number of carbonyl (C=O) groups excluding carboxylic acids is 2. The smallest absolute Gasteiger partial charge is 0.413 e. The number of anilines is 1. The third kappa shape index (κ3) is 2.71. The van der Waals surface area contributed by atoms with Crippen molar-refractivity contribution >= 4 is 39.5 Å². The molecule has 0 saturated heterocycles. The molecule has 0 aliphatic rings. The number of hydrogen-bond donors (Lipinski definition) is 1. The van der Waals surface area contributed by atoms with Gasteiger partial charge in [-0.1, -0.05) is 12.1 Å². The van der Waals surface area contributed by atoms with Crippen molar-refractivity contribution in [3.63, 3.8) is 0 Å². The molecule has 2 heterocycles. The fourth-order valence-corrected chi connectivity index (χ4v) is 3.32. The number of furan rings is 1. The van der Waals surface area contributed by atoms with Crippen LogP contribution in [0.15, 0.2) is 28.7 Å². The third-order valence-electron chi connectivity index (χ3n) is 3.38. The number of benzene rings is 1. The van der Waals surface area contributed by atoms with Gasteiger partial charge in [0.1, 0.15) is 16.3 Å². The Bertz CT molecular complexity index is 895. The van der Waals surface area contributed by atoms with E-state index in [4.69, 9.17) is 9.15 Å². The predicted octanol–water partition coefficient (Wildman–Crippen LogP) is 3.83. The van der Waals surface area contributed by atoms with Gasteiger partial charge in [-0.3, -0.25) is 5.32 Å². The Hall–Kier alpha value is -2.87. The minimum absolute atomic E-state index is 0.0961. The minimum atomic E-state index is -0.706. The average Bonchev–Trinajstić information content (AvgIpc) is 3.14. The van der Waals surface area contributed by atoms with Crippen LogP contribution in [0.2, 0.25) is 0 Å². The van der Waals surface area contributed by atoms with E-state index < -0.39 is 12.1 Å². The summed E-state index contributed by atoms with van der Waals surface area (Å²) in [5.74, 6) is -0.148. The van der Waals surface area contributed by atoms with Crippen molar-refractivity contribution in [2.24, 2.45) is 0 Å². The van der Waals surface area contributed by atoms with E-state index in [1.807, 2.05) is 24.3 Å². The molecule has 0 aliphatic heterocycles. The van der Waals surface area contributed by atoms with Crippen LogP contribution in [0.25, 0.3) is 20.8 Å². The van der Waals surface area contributed by atoms with Crippen LogP contribution in [-0.2, 0) is 9.47 Å². The molecule has 24 heavy (non-hydrogen) atoms. The van der Waals surface area contributed by atoms with Gasteiger partial charge in [0.2, 0.25) is 5.88 Å². The van der Waals surface area contributed by atoms with Crippen molar-refractivity contribution in [3.8, 4) is 10.6 Å². The molecule has 1 amide bonds. The number of hydrogen-bond acceptors (Lipinski definition) is 7. The van der Waals surface area contributed by atoms with Gasteiger partial charge in [-0.05, 0) is 19.1 Å². The summed E-state index contributed by atoms with van der Waals surface area (Å²) in [7, 11) is 2.52. The second-order valence-corrected chi connectivity index (χ2v) is 5.86. The fourth-order valence-electron chi connectivity index (χ4n) is 2.31. The van der Waals surface area contributed by atoms with Crippen LogP contribution in [0.5, 0.6) is 0 Å². The number of amides is 1. The largest absolute Gasteiger partial charge is 0.465 e. The maximum atomic E-state index is 12.2. The lowest BCUT2D eigenvalue weighted by Crippen LogP contribution is -2.11. The highest BCUT2D eigenvalue weighted by Gasteiger charge is 2.28. The number of nitrogens with one attached hydrogen (secondary N) is 1. The van der Waals surface area contributed by atoms with E-state index in [1.165, 1.54) is 25.6 Å². The summed E-state index contributed by atoms with van der Waals surface area (Å²) < 4.78 is 15.9. The van der Waals surface area contributed by atoms with Gasteiger partial charge in [0, 0.05) is 0 Å². The number of rotatable bonds is 3. The van der Waals surface area contributed by atoms with Crippen molar-refractivity contribution in [2.75, 3.05) is 19.5 Å². The highest BCUT2D eigenvalue weighted by Crippen LogP contribution is 2.40. The Labute approximate surface area is 141 Å². The molecule has 0 fully saturated rings. The summed E-state index contributed by atoms with van der Waals surface area (Å²) >= 11 is 1.38. The molecule has 3 rings (SSSR count). The number of ether oxygens (including phenoxy) is 2. The second-order valence-electron chi connectivity index (χ2n) is 4.83. The summed E-state index contributed by atoms with van der Waals surface area (Å²) in [4.78, 5) is 28.3. The maximum absolute atomic E-state index is 12.2. The van der Waals surface area contributed by atoms with Crippen LogP contribution in [0.3, 0.4) is 0 Å². The highest BCUT2D eigenvalue weighted by molar-refractivity contribution is 7.21. The monoisotopic (exact) mass is 346 g/mol. The summed E-state index contributed by atoms with van der Waals surface area (Å²) in [5, 5.41) is 3.02. The highest BCUT2D eigenvalue weighted by atomic mass is 32.1. The Morgan fingerprint density at radius 2 is 1.96 bits per heavy atom. The molecule has 1 aromatic carbocycles. The first-order chi connectivity index (χ1) is 11.5. The Kier molecular flexibility index (Phi) is 4.22. The first-order valence-electron chi connectivity index (χ1n) is 6.97. The van der Waals surface area contributed by atoms with Gasteiger partial charge >= 0.3 is 12.1 Å². The number of nitrogens with zero attached hydrogens (tertiary/aromatic N) is 1. The Morgan fingerprint density at radius 1 is 1.21 bits per heavy atom. The molecule has 0 atom stereocenters. The zero-order chi connectivity index (χ0) is 17.3. The number of carbonyl (C=O) groups is 2. The number of aryl methyl sites for hydroxylation is 1. The normalized spacial score (nSPS) is 10.6. The van der Waals surface area contributed by atoms with E-state index in [-0.39, 0.29) is 11.4 Å². The Balaban J connectivity index is 2.22. The van der Waals surface area contributed by atoms with Crippen LogP contribution in [0.4, 0.5) is 10.7 Å². The van der Waals surface area contributed by atoms with Crippen LogP contribution < -0.4 is 5.32 Å². The van der Waals surface area contributed by atoms with Crippen LogP contribution in [0.1, 0.15) is 16.1 Å². The second kappa shape index (κ2) is 6.32. The fraction of sp³-hybridized carbons (Fsp3) is 0.188. The number of thiazole rings is 1. The molecule has 2 aromatic heterocycles. The molecule has 0 unspecified atom stereocenters. The standard InChI is InChI=1S/C16H14N2O5S/c1-8-11(15(19)21-2)12(13(23-8)18-16(20)22-3)14-17-9-6-4-5-7-10(9)24-14/h4-7H,1-3H3,(H,18,20). The number of aromatic nitrogens is 1. The van der Waals surface area contributed by atoms with Crippen LogP contribution in [0, 0.1) is 6.92 Å². The molecule has 0 saturated carbocycles. The predicted molar refractivity (Wildman–Crippen MR) is 89.4 cm³/mol. The third-order valence-corrected chi connectivity index (χ3v) is 4.44. The van der Waals surface area contributed by atoms with Gasteiger partial charge in [0.15, 0.2) is 0 Å². The van der Waals surface area contributed by atoms with E-state index in [0.717, 1.165) is 10.2 Å². The molecular weight excluding hydrogens is 332 g/mol. The summed E-state index contributed by atoms with van der Waals surface area (Å²) in [6.07, 6.45) is -0.706. The number of para-hydroxylation sites is 1. The molecular formula is C16H14N2O5S. The summed E-state index contributed by atoms with van der Waals surface area (Å²) in [6.45, 7) is 1.62. The van der Waals surface area contributed by atoms with Crippen LogP contribution in [-0.4, -0.2) is 31.3 Å². The molecule has 0 spiro atoms. The molecule has 0 bridgehead atoms. The minimum Gasteiger partial charge on any atom is -0.465 e. The molecule has 7 nitrogen and oxygen atoms in total. The lowest BCUT2D eigenvalue weighted by molar-refractivity contribution is 0.0599. The lowest BCUT2D eigenvalue weighted by atomic mass is 10.1. The van der Waals surface area contributed by atoms with Gasteiger partial charge in [0.25, 0.3) is 0 Å². The molecule has 124 valence electrons. The topological polar surface area (TPSA) is 90.7 Å². The van der Waals surface area contributed by atoms with E-state index in [0.29, 0.717) is 16.3 Å². The first kappa shape index (κ1) is 16.0. The van der Waals surface area contributed by atoms with Crippen molar-refractivity contribution < 1.29 is 23.5 Å². The van der Waals surface area contributed by atoms with Gasteiger partial charge in [-0.15, -0.1) is 11.3 Å². The van der Waals surface area contributed by atoms with Gasteiger partial charge in [-0.25, -0.2) is 14.6 Å². The Morgan fingerprint density at radius 3 is 2.62 bits per heavy atom. The van der Waals surface area contributed by atoms with Gasteiger partial charge in [0.05, 0.1) is 30.0 Å². The van der Waals surface area contributed by atoms with Gasteiger partial charge in [-0.2, -0.15) is 0 Å². The summed E-state index contributed by atoms with van der Waals surface area (Å²) in [5.41, 5.74) is 1.39. The molecule has 0 aliphatic carbocycles. The number of fused-ring (bicyclic) bond motifs is 1.